The minimum atomic E-state index is -0.743. The molecule has 0 atom stereocenters. The third-order valence-corrected chi connectivity index (χ3v) is 3.09. The Morgan fingerprint density at radius 3 is 1.95 bits per heavy atom. The van der Waals surface area contributed by atoms with Crippen molar-refractivity contribution in [1.82, 2.24) is 0 Å². The quantitative estimate of drug-likeness (QED) is 0.379. The summed E-state index contributed by atoms with van der Waals surface area (Å²) in [6, 6.07) is 0. The van der Waals surface area contributed by atoms with Crippen molar-refractivity contribution in [2.75, 3.05) is 13.2 Å². The highest BCUT2D eigenvalue weighted by Gasteiger charge is 2.02. The summed E-state index contributed by atoms with van der Waals surface area (Å²) in [5, 5.41) is 17.1. The van der Waals surface area contributed by atoms with Gasteiger partial charge in [0.05, 0.1) is 6.61 Å². The van der Waals surface area contributed by atoms with Crippen molar-refractivity contribution >= 4 is 11.9 Å². The van der Waals surface area contributed by atoms with Crippen molar-refractivity contribution in [3.05, 3.63) is 0 Å². The second kappa shape index (κ2) is 14.3. The maximum atomic E-state index is 11.4. The molecule has 5 nitrogen and oxygen atoms in total. The van der Waals surface area contributed by atoms with Gasteiger partial charge in [-0.3, -0.25) is 9.59 Å². The van der Waals surface area contributed by atoms with Crippen molar-refractivity contribution in [3.8, 4) is 0 Å². The minimum absolute atomic E-state index is 0.141. The zero-order valence-corrected chi connectivity index (χ0v) is 12.3. The number of unbranched alkanes of at least 4 members (excludes halogenated alkanes) is 7. The number of aliphatic hydroxyl groups is 1. The van der Waals surface area contributed by atoms with Crippen LogP contribution in [0.3, 0.4) is 0 Å². The number of carboxylic acids is 1. The average molecular weight is 288 g/mol. The summed E-state index contributed by atoms with van der Waals surface area (Å²) in [5.74, 6) is -0.884. The van der Waals surface area contributed by atoms with Gasteiger partial charge in [0.15, 0.2) is 0 Å². The number of carboxylic acid groups (broad SMARTS) is 1. The van der Waals surface area contributed by atoms with E-state index in [2.05, 4.69) is 0 Å². The molecular weight excluding hydrogens is 260 g/mol. The molecule has 0 aromatic rings. The molecule has 0 saturated heterocycles. The van der Waals surface area contributed by atoms with Gasteiger partial charge in [0.25, 0.3) is 0 Å². The molecule has 0 heterocycles. The lowest BCUT2D eigenvalue weighted by atomic mass is 10.1. The third kappa shape index (κ3) is 15.0. The number of aliphatic carboxylic acids is 1. The van der Waals surface area contributed by atoms with E-state index in [4.69, 9.17) is 14.9 Å². The van der Waals surface area contributed by atoms with E-state index < -0.39 is 5.97 Å². The first-order valence-electron chi connectivity index (χ1n) is 7.65. The predicted molar refractivity (Wildman–Crippen MR) is 76.5 cm³/mol. The largest absolute Gasteiger partial charge is 0.481 e. The van der Waals surface area contributed by atoms with Gasteiger partial charge in [0.1, 0.15) is 0 Å². The Morgan fingerprint density at radius 1 is 0.750 bits per heavy atom. The topological polar surface area (TPSA) is 83.8 Å². The molecule has 0 amide bonds. The molecule has 0 unspecified atom stereocenters. The highest BCUT2D eigenvalue weighted by molar-refractivity contribution is 5.69. The summed E-state index contributed by atoms with van der Waals surface area (Å²) in [5.41, 5.74) is 0. The Hall–Kier alpha value is -1.10. The maximum absolute atomic E-state index is 11.4. The number of ether oxygens (including phenoxy) is 1. The first-order chi connectivity index (χ1) is 9.66. The Labute approximate surface area is 121 Å². The lowest BCUT2D eigenvalue weighted by Crippen LogP contribution is -2.05. The minimum Gasteiger partial charge on any atom is -0.481 e. The van der Waals surface area contributed by atoms with Crippen molar-refractivity contribution in [2.45, 2.75) is 70.6 Å². The summed E-state index contributed by atoms with van der Waals surface area (Å²) in [6.45, 7) is 0.703. The number of hydrogen-bond donors (Lipinski definition) is 2. The first kappa shape index (κ1) is 18.9. The molecule has 0 rings (SSSR count). The van der Waals surface area contributed by atoms with E-state index in [0.717, 1.165) is 51.4 Å². The van der Waals surface area contributed by atoms with Crippen LogP contribution >= 0.6 is 0 Å². The van der Waals surface area contributed by atoms with Crippen molar-refractivity contribution in [2.24, 2.45) is 0 Å². The number of aliphatic hydroxyl groups excluding tert-OH is 1. The molecule has 118 valence electrons. The van der Waals surface area contributed by atoms with Crippen molar-refractivity contribution in [1.29, 1.82) is 0 Å². The summed E-state index contributed by atoms with van der Waals surface area (Å²) in [4.78, 5) is 21.7. The number of rotatable bonds is 14. The van der Waals surface area contributed by atoms with Crippen LogP contribution in [0.1, 0.15) is 70.6 Å². The Bertz CT molecular complexity index is 253. The van der Waals surface area contributed by atoms with Gasteiger partial charge in [-0.05, 0) is 32.1 Å². The number of esters is 1. The zero-order chi connectivity index (χ0) is 15.1. The van der Waals surface area contributed by atoms with Crippen LogP contribution in [-0.2, 0) is 14.3 Å². The molecule has 0 radical (unpaired) electrons. The van der Waals surface area contributed by atoms with Crippen LogP contribution in [-0.4, -0.2) is 35.4 Å². The molecule has 0 aliphatic carbocycles. The first-order valence-corrected chi connectivity index (χ1v) is 7.65. The van der Waals surface area contributed by atoms with Crippen molar-refractivity contribution in [3.63, 3.8) is 0 Å². The molecule has 2 N–H and O–H groups in total. The number of carbonyl (C=O) groups excluding carboxylic acids is 1. The van der Waals surface area contributed by atoms with E-state index in [1.54, 1.807) is 0 Å². The van der Waals surface area contributed by atoms with Gasteiger partial charge in [0.2, 0.25) is 0 Å². The van der Waals surface area contributed by atoms with Crippen LogP contribution in [0.4, 0.5) is 0 Å². The van der Waals surface area contributed by atoms with E-state index in [1.165, 1.54) is 0 Å². The fourth-order valence-electron chi connectivity index (χ4n) is 1.90. The van der Waals surface area contributed by atoms with E-state index >= 15 is 0 Å². The molecule has 0 aliphatic heterocycles. The number of hydrogen-bond acceptors (Lipinski definition) is 4. The Kier molecular flexibility index (Phi) is 13.5. The van der Waals surface area contributed by atoms with E-state index in [-0.39, 0.29) is 19.0 Å². The smallest absolute Gasteiger partial charge is 0.305 e. The van der Waals surface area contributed by atoms with Crippen LogP contribution in [0.2, 0.25) is 0 Å². The molecule has 0 fully saturated rings. The van der Waals surface area contributed by atoms with Crippen LogP contribution in [0, 0.1) is 0 Å². The lowest BCUT2D eigenvalue weighted by molar-refractivity contribution is -0.144. The Balaban J connectivity index is 3.18. The highest BCUT2D eigenvalue weighted by Crippen LogP contribution is 2.08. The van der Waals surface area contributed by atoms with Gasteiger partial charge in [-0.15, -0.1) is 0 Å². The van der Waals surface area contributed by atoms with Crippen LogP contribution < -0.4 is 0 Å². The molecule has 0 aliphatic rings. The fraction of sp³-hybridized carbons (Fsp3) is 0.867. The van der Waals surface area contributed by atoms with E-state index in [1.807, 2.05) is 0 Å². The van der Waals surface area contributed by atoms with Crippen LogP contribution in [0.15, 0.2) is 0 Å². The highest BCUT2D eigenvalue weighted by atomic mass is 16.5. The standard InChI is InChI=1S/C15H28O5/c16-12-8-4-5-9-13-20-15(19)11-7-3-1-2-6-10-14(17)18/h16H,1-13H2,(H,17,18). The van der Waals surface area contributed by atoms with Gasteiger partial charge in [-0.1, -0.05) is 25.7 Å². The van der Waals surface area contributed by atoms with E-state index in [0.29, 0.717) is 19.4 Å². The summed E-state index contributed by atoms with van der Waals surface area (Å²) in [6.07, 6.45) is 8.69. The second-order valence-electron chi connectivity index (χ2n) is 5.02. The molecular formula is C15H28O5. The number of carbonyl (C=O) groups is 2. The lowest BCUT2D eigenvalue weighted by Gasteiger charge is -2.04. The fourth-order valence-corrected chi connectivity index (χ4v) is 1.90. The van der Waals surface area contributed by atoms with Crippen LogP contribution in [0.25, 0.3) is 0 Å². The third-order valence-electron chi connectivity index (χ3n) is 3.09. The summed E-state index contributed by atoms with van der Waals surface area (Å²) in [7, 11) is 0. The molecule has 0 bridgehead atoms. The normalized spacial score (nSPS) is 10.4. The monoisotopic (exact) mass is 288 g/mol. The van der Waals surface area contributed by atoms with Gasteiger partial charge >= 0.3 is 11.9 Å². The maximum Gasteiger partial charge on any atom is 0.305 e. The van der Waals surface area contributed by atoms with Crippen LogP contribution in [0.5, 0.6) is 0 Å². The molecule has 0 aromatic carbocycles. The molecule has 0 aromatic heterocycles. The van der Waals surface area contributed by atoms with Gasteiger partial charge in [-0.25, -0.2) is 0 Å². The molecule has 5 heteroatoms. The predicted octanol–water partition coefficient (Wildman–Crippen LogP) is 2.90. The Morgan fingerprint density at radius 2 is 1.30 bits per heavy atom. The van der Waals surface area contributed by atoms with Gasteiger partial charge in [-0.2, -0.15) is 0 Å². The van der Waals surface area contributed by atoms with Gasteiger partial charge < -0.3 is 14.9 Å². The summed E-state index contributed by atoms with van der Waals surface area (Å²) < 4.78 is 5.10. The summed E-state index contributed by atoms with van der Waals surface area (Å²) >= 11 is 0. The molecule has 20 heavy (non-hydrogen) atoms. The zero-order valence-electron chi connectivity index (χ0n) is 12.3. The van der Waals surface area contributed by atoms with E-state index in [9.17, 15) is 9.59 Å². The molecule has 0 saturated carbocycles. The average Bonchev–Trinajstić information content (AvgIpc) is 2.41. The second-order valence-corrected chi connectivity index (χ2v) is 5.02. The van der Waals surface area contributed by atoms with Gasteiger partial charge in [0, 0.05) is 19.4 Å². The SMILES string of the molecule is O=C(O)CCCCCCCC(=O)OCCCCCCO. The molecule has 0 spiro atoms. The van der Waals surface area contributed by atoms with Crippen molar-refractivity contribution < 1.29 is 24.5 Å².